The number of nitrogens with one attached hydrogen (secondary N) is 10. The van der Waals surface area contributed by atoms with Crippen molar-refractivity contribution < 1.29 is 57.8 Å². The summed E-state index contributed by atoms with van der Waals surface area (Å²) in [6.07, 6.45) is -0.702. The van der Waals surface area contributed by atoms with Crippen LogP contribution in [-0.2, 0) is 52.7 Å². The fourth-order valence-electron chi connectivity index (χ4n) is 8.50. The van der Waals surface area contributed by atoms with Gasteiger partial charge in [0.25, 0.3) is 0 Å². The van der Waals surface area contributed by atoms with Crippen molar-refractivity contribution in [3.8, 4) is 0 Å². The van der Waals surface area contributed by atoms with Gasteiger partial charge in [-0.25, -0.2) is 0 Å². The van der Waals surface area contributed by atoms with Crippen LogP contribution in [0.4, 0.5) is 0 Å². The van der Waals surface area contributed by atoms with Crippen LogP contribution in [0.1, 0.15) is 96.8 Å². The van der Waals surface area contributed by atoms with Crippen molar-refractivity contribution in [2.75, 3.05) is 63.9 Å². The number of aliphatic carboxylic acids is 1. The van der Waals surface area contributed by atoms with Gasteiger partial charge in [0.2, 0.25) is 59.1 Å². The minimum atomic E-state index is -1.59. The highest BCUT2D eigenvalue weighted by Gasteiger charge is 2.35. The van der Waals surface area contributed by atoms with Crippen molar-refractivity contribution in [1.82, 2.24) is 53.2 Å². The number of nitrogens with two attached hydrogens (primary N) is 14. The third-order valence-electron chi connectivity index (χ3n) is 13.2. The van der Waals surface area contributed by atoms with Crippen molar-refractivity contribution in [2.24, 2.45) is 115 Å². The largest absolute Gasteiger partial charge is 0.480 e. The van der Waals surface area contributed by atoms with Gasteiger partial charge in [0.05, 0.1) is 0 Å². The first-order valence-corrected chi connectivity index (χ1v) is 31.8. The van der Waals surface area contributed by atoms with Gasteiger partial charge >= 0.3 is 5.97 Å². The Hall–Kier alpha value is -10.2. The fraction of sp³-hybridized carbons (Fsp3) is 0.654. The Bertz CT molecular complexity index is 2780. The van der Waals surface area contributed by atoms with Gasteiger partial charge in [0.15, 0.2) is 41.7 Å². The van der Waals surface area contributed by atoms with Crippen molar-refractivity contribution in [2.45, 2.75) is 151 Å². The number of hydrogen-bond acceptors (Lipinski definition) is 20. The van der Waals surface area contributed by atoms with Crippen molar-refractivity contribution >= 4 is 132 Å². The Morgan fingerprint density at radius 3 is 0.619 bits per heavy atom. The number of nitrogens with zero attached hydrogens (tertiary/aromatic N) is 7. The number of rotatable bonds is 50. The third-order valence-corrected chi connectivity index (χ3v) is 13.9. The quantitative estimate of drug-likeness (QED) is 0.0116. The van der Waals surface area contributed by atoms with Gasteiger partial charge in [0.1, 0.15) is 60.9 Å². The van der Waals surface area contributed by atoms with E-state index in [1.54, 1.807) is 0 Å². The fourth-order valence-corrected chi connectivity index (χ4v) is 9.02. The van der Waals surface area contributed by atoms with Gasteiger partial charge < -0.3 is 139 Å². The van der Waals surface area contributed by atoms with Gasteiger partial charge in [-0.1, -0.05) is 0 Å². The highest BCUT2D eigenvalue weighted by atomic mass is 32.1. The number of aliphatic imine (C=N–C) groups is 7. The second-order valence-electron chi connectivity index (χ2n) is 21.4. The number of amides is 10. The van der Waals surface area contributed by atoms with Crippen LogP contribution < -0.4 is 133 Å². The van der Waals surface area contributed by atoms with Crippen LogP contribution in [-0.4, -0.2) is 230 Å². The number of guanidine groups is 7. The van der Waals surface area contributed by atoms with Gasteiger partial charge in [-0.2, -0.15) is 25.3 Å². The zero-order chi connectivity index (χ0) is 73.6. The lowest BCUT2D eigenvalue weighted by atomic mass is 10.0. The Morgan fingerprint density at radius 2 is 0.454 bits per heavy atom. The topological polar surface area (TPSA) is 779 Å². The number of carbonyl (C=O) groups is 11. The molecule has 0 aromatic heterocycles. The summed E-state index contributed by atoms with van der Waals surface area (Å²) in [4.78, 5) is 178. The maximum Gasteiger partial charge on any atom is 0.322 e. The third kappa shape index (κ3) is 42.0. The number of hydrogen-bond donors (Lipinski definition) is 27. The molecule has 0 fully saturated rings. The zero-order valence-corrected chi connectivity index (χ0v) is 56.0. The van der Waals surface area contributed by atoms with E-state index < -0.39 is 132 Å². The second-order valence-corrected chi connectivity index (χ2v) is 22.1. The van der Waals surface area contributed by atoms with E-state index in [4.69, 9.17) is 80.3 Å². The second kappa shape index (κ2) is 49.3. The van der Waals surface area contributed by atoms with E-state index in [1.807, 2.05) is 0 Å². The van der Waals surface area contributed by atoms with Crippen molar-refractivity contribution in [3.05, 3.63) is 0 Å². The molecule has 0 aliphatic rings. The maximum atomic E-state index is 14.6. The normalized spacial score (nSPS) is 13.4. The molecule has 43 nitrogen and oxygen atoms in total. The highest BCUT2D eigenvalue weighted by Crippen LogP contribution is 2.11. The zero-order valence-electron chi connectivity index (χ0n) is 54.2. The molecule has 0 bridgehead atoms. The molecule has 0 heterocycles. The molecule has 39 N–H and O–H groups in total. The number of thiol groups is 2. The minimum absolute atomic E-state index is 0.0173. The van der Waals surface area contributed by atoms with Crippen LogP contribution >= 0.6 is 25.3 Å². The monoisotopic (exact) mass is 1420 g/mol. The van der Waals surface area contributed by atoms with Crippen LogP contribution in [0.3, 0.4) is 0 Å². The van der Waals surface area contributed by atoms with E-state index in [2.05, 4.69) is 113 Å². The van der Waals surface area contributed by atoms with Gasteiger partial charge in [-0.05, 0) is 89.9 Å². The molecule has 0 aliphatic heterocycles. The minimum Gasteiger partial charge on any atom is -0.480 e. The van der Waals surface area contributed by atoms with Crippen LogP contribution in [0.2, 0.25) is 0 Å². The Morgan fingerprint density at radius 1 is 0.289 bits per heavy atom. The van der Waals surface area contributed by atoms with Gasteiger partial charge in [0, 0.05) is 64.2 Å². The average Bonchev–Trinajstić information content (AvgIpc) is 1.80. The number of carboxylic acid groups (broad SMARTS) is 1. The summed E-state index contributed by atoms with van der Waals surface area (Å²) in [6.45, 7) is 0.153. The summed E-state index contributed by atoms with van der Waals surface area (Å²) < 4.78 is 0. The SMILES string of the molecule is CC(=O)N[C@@H](CS)C(=O)N[C@@H](CCCN=C(N)N)C(=O)N[C@@H](CCCN=C(N)N)C(=O)N[C@@H](CCCN=C(N)N)C(=O)N[C@@H](CCCN=C(N)N)C(=O)N[C@@H](CS)C(=O)N[C@@H](CCCN=C(N)N)C(=O)N[C@@H](CCCN=C(N)N)C(=O)N[C@@H](CCCN=C(N)N)C(=O)NCC(=O)O. The summed E-state index contributed by atoms with van der Waals surface area (Å²) in [5.41, 5.74) is 77.2. The highest BCUT2D eigenvalue weighted by molar-refractivity contribution is 7.80. The van der Waals surface area contributed by atoms with Crippen LogP contribution in [0.25, 0.3) is 0 Å². The lowest BCUT2D eigenvalue weighted by Crippen LogP contribution is -2.61. The van der Waals surface area contributed by atoms with Crippen LogP contribution in [0.15, 0.2) is 34.9 Å². The molecule has 0 saturated carbocycles. The van der Waals surface area contributed by atoms with E-state index in [9.17, 15) is 57.8 Å². The molecular formula is C52H101N31O12S2. The van der Waals surface area contributed by atoms with E-state index in [0.717, 1.165) is 0 Å². The van der Waals surface area contributed by atoms with Crippen molar-refractivity contribution in [3.63, 3.8) is 0 Å². The Balaban J connectivity index is 7.50. The predicted molar refractivity (Wildman–Crippen MR) is 371 cm³/mol. The predicted octanol–water partition coefficient (Wildman–Crippen LogP) is -12.2. The molecule has 0 spiro atoms. The maximum absolute atomic E-state index is 14.6. The Kier molecular flexibility index (Phi) is 44.1. The first-order chi connectivity index (χ1) is 45.7. The van der Waals surface area contributed by atoms with Crippen LogP contribution in [0, 0.1) is 0 Å². The molecule has 0 unspecified atom stereocenters. The number of carboxylic acids is 1. The molecule has 0 aromatic rings. The first-order valence-electron chi connectivity index (χ1n) is 30.5. The molecule has 9 atom stereocenters. The van der Waals surface area contributed by atoms with E-state index >= 15 is 0 Å². The molecule has 0 saturated heterocycles. The standard InChI is InChI=1S/C52H101N31O12S2/c1-26(84)75-34(24-96)44(94)81-31(13-6-20-71-50(61)62)41(91)79-29(11-4-18-69-48(57)58)39(89)78-30(12-5-19-70-49(59)60)40(90)80-33(15-8-22-73-52(65)66)43(93)83-35(25-97)45(95)82-32(14-7-21-72-51(63)64)42(92)77-28(10-3-17-68-47(55)56)38(88)76-27(9-2-16-67-46(53)54)37(87)74-23-36(85)86/h27-35,96-97H,2-25H2,1H3,(H,74,87)(H,75,84)(H,76,88)(H,77,92)(H,78,89)(H,79,91)(H,80,90)(H,81,94)(H,82,95)(H,83,93)(H,85,86)(H4,53,54,67)(H4,55,56,68)(H4,57,58,69)(H4,59,60,70)(H4,61,62,71)(H4,63,64,72)(H4,65,66,73)/t27-,28-,29-,30-,31-,32-,33-,34-,35-/m0/s1. The van der Waals surface area contributed by atoms with E-state index in [1.165, 1.54) is 6.92 Å². The molecule has 97 heavy (non-hydrogen) atoms. The summed E-state index contributed by atoms with van der Waals surface area (Å²) in [7, 11) is 0. The molecule has 0 aliphatic carbocycles. The lowest BCUT2D eigenvalue weighted by molar-refractivity contribution is -0.138. The molecular weight excluding hydrogens is 1310 g/mol. The molecule has 10 amide bonds. The average molecular weight is 1420 g/mol. The van der Waals surface area contributed by atoms with E-state index in [0.29, 0.717) is 0 Å². The smallest absolute Gasteiger partial charge is 0.322 e. The summed E-state index contributed by atoms with van der Waals surface area (Å²) >= 11 is 8.46. The molecule has 0 rings (SSSR count). The first kappa shape index (κ1) is 86.8. The van der Waals surface area contributed by atoms with Crippen molar-refractivity contribution in [1.29, 1.82) is 0 Å². The Labute approximate surface area is 571 Å². The molecule has 548 valence electrons. The summed E-state index contributed by atoms with van der Waals surface area (Å²) in [5, 5.41) is 34.4. The van der Waals surface area contributed by atoms with Gasteiger partial charge in [-0.3, -0.25) is 87.7 Å². The van der Waals surface area contributed by atoms with Crippen LogP contribution in [0.5, 0.6) is 0 Å². The summed E-state index contributed by atoms with van der Waals surface area (Å²) in [6, 6.07) is -13.1. The molecule has 0 radical (unpaired) electrons. The number of carbonyl (C=O) groups excluding carboxylic acids is 10. The molecule has 45 heteroatoms. The van der Waals surface area contributed by atoms with Gasteiger partial charge in [-0.15, -0.1) is 0 Å². The molecule has 0 aromatic carbocycles. The van der Waals surface area contributed by atoms with E-state index in [-0.39, 0.29) is 183 Å². The lowest BCUT2D eigenvalue weighted by Gasteiger charge is -2.28. The summed E-state index contributed by atoms with van der Waals surface area (Å²) in [5.74, 6) is -12.9.